The lowest BCUT2D eigenvalue weighted by Gasteiger charge is -2.22. The van der Waals surface area contributed by atoms with Crippen molar-refractivity contribution in [1.29, 1.82) is 0 Å². The normalized spacial score (nSPS) is 19.3. The monoisotopic (exact) mass is 520 g/mol. The number of fused-ring (bicyclic) bond motifs is 1. The van der Waals surface area contributed by atoms with Crippen LogP contribution >= 0.6 is 0 Å². The fourth-order valence-electron chi connectivity index (χ4n) is 5.43. The van der Waals surface area contributed by atoms with Crippen molar-refractivity contribution >= 4 is 26.8 Å². The van der Waals surface area contributed by atoms with Gasteiger partial charge < -0.3 is 9.52 Å². The molecule has 194 valence electrons. The first-order valence-corrected chi connectivity index (χ1v) is 14.0. The zero-order valence-corrected chi connectivity index (χ0v) is 21.2. The molecule has 2 fully saturated rings. The van der Waals surface area contributed by atoms with Gasteiger partial charge in [-0.2, -0.15) is 4.31 Å². The van der Waals surface area contributed by atoms with Crippen LogP contribution in [0.2, 0.25) is 0 Å². The number of carbonyl (C=O) groups excluding carboxylic acids is 1. The number of nitrogens with zero attached hydrogens (tertiary/aromatic N) is 2. The van der Waals surface area contributed by atoms with E-state index in [-0.39, 0.29) is 32.6 Å². The van der Waals surface area contributed by atoms with Gasteiger partial charge in [0.05, 0.1) is 28.9 Å². The Bertz CT molecular complexity index is 1580. The number of aliphatic hydroxyl groups excluding tert-OH is 1. The highest BCUT2D eigenvalue weighted by atomic mass is 32.2. The molecule has 0 amide bonds. The van der Waals surface area contributed by atoms with Crippen molar-refractivity contribution in [2.24, 2.45) is 0 Å². The van der Waals surface area contributed by atoms with E-state index in [1.807, 2.05) is 42.5 Å². The Morgan fingerprint density at radius 1 is 1.11 bits per heavy atom. The molecule has 1 aliphatic carbocycles. The van der Waals surface area contributed by atoms with E-state index in [0.717, 1.165) is 41.4 Å². The minimum absolute atomic E-state index is 0. The van der Waals surface area contributed by atoms with E-state index in [9.17, 15) is 18.3 Å². The Morgan fingerprint density at radius 2 is 1.92 bits per heavy atom. The van der Waals surface area contributed by atoms with Crippen LogP contribution in [-0.4, -0.2) is 47.8 Å². The molecule has 37 heavy (non-hydrogen) atoms. The van der Waals surface area contributed by atoms with Crippen LogP contribution in [0.1, 0.15) is 39.8 Å². The summed E-state index contributed by atoms with van der Waals surface area (Å²) in [5.74, 6) is 0.158. The number of rotatable bonds is 8. The molecule has 0 bridgehead atoms. The third-order valence-corrected chi connectivity index (χ3v) is 9.69. The zero-order valence-electron chi connectivity index (χ0n) is 20.3. The van der Waals surface area contributed by atoms with E-state index in [2.05, 4.69) is 0 Å². The van der Waals surface area contributed by atoms with E-state index >= 15 is 0 Å². The highest BCUT2D eigenvalue weighted by Crippen LogP contribution is 2.50. The molecule has 3 heterocycles. The number of benzene rings is 2. The van der Waals surface area contributed by atoms with Gasteiger partial charge in [-0.05, 0) is 73.7 Å². The highest BCUT2D eigenvalue weighted by molar-refractivity contribution is 7.89. The molecule has 8 heteroatoms. The molecule has 7 nitrogen and oxygen atoms in total. The molecule has 2 aliphatic rings. The van der Waals surface area contributed by atoms with Gasteiger partial charge in [-0.1, -0.05) is 24.3 Å². The molecule has 2 aromatic carbocycles. The van der Waals surface area contributed by atoms with Gasteiger partial charge in [0.1, 0.15) is 11.4 Å². The first-order chi connectivity index (χ1) is 17.9. The fraction of sp³-hybridized carbons (Fsp3) is 0.310. The number of furan rings is 1. The maximum Gasteiger partial charge on any atom is 0.243 e. The third-order valence-electron chi connectivity index (χ3n) is 7.73. The average molecular weight is 521 g/mol. The molecule has 0 spiro atoms. The number of carbonyl (C=O) groups is 1. The summed E-state index contributed by atoms with van der Waals surface area (Å²) in [6.07, 6.45) is 4.98. The lowest BCUT2D eigenvalue weighted by Crippen LogP contribution is -2.37. The van der Waals surface area contributed by atoms with Crippen LogP contribution in [0.5, 0.6) is 0 Å². The van der Waals surface area contributed by atoms with Gasteiger partial charge in [0.2, 0.25) is 10.0 Å². The largest absolute Gasteiger partial charge is 0.464 e. The van der Waals surface area contributed by atoms with Gasteiger partial charge in [-0.25, -0.2) is 8.42 Å². The minimum atomic E-state index is -3.67. The Kier molecular flexibility index (Phi) is 5.98. The van der Waals surface area contributed by atoms with Crippen LogP contribution in [-0.2, 0) is 26.7 Å². The average Bonchev–Trinajstić information content (AvgIpc) is 3.35. The molecule has 0 unspecified atom stereocenters. The summed E-state index contributed by atoms with van der Waals surface area (Å²) < 4.78 is 32.9. The maximum absolute atomic E-state index is 13.4. The first-order valence-electron chi connectivity index (χ1n) is 12.6. The lowest BCUT2D eigenvalue weighted by atomic mass is 9.88. The Hall–Kier alpha value is -3.33. The van der Waals surface area contributed by atoms with Gasteiger partial charge in [-0.3, -0.25) is 9.78 Å². The van der Waals surface area contributed by atoms with E-state index in [4.69, 9.17) is 9.40 Å². The van der Waals surface area contributed by atoms with Crippen molar-refractivity contribution in [1.82, 2.24) is 9.29 Å². The van der Waals surface area contributed by atoms with Crippen LogP contribution in [0.15, 0.2) is 82.3 Å². The summed E-state index contributed by atoms with van der Waals surface area (Å²) in [6, 6.07) is 19.8. The summed E-state index contributed by atoms with van der Waals surface area (Å²) in [4.78, 5) is 18.3. The summed E-state index contributed by atoms with van der Waals surface area (Å²) in [5.41, 5.74) is 3.54. The molecule has 1 saturated carbocycles. The molecule has 1 aliphatic heterocycles. The van der Waals surface area contributed by atoms with E-state index in [0.29, 0.717) is 24.4 Å². The summed E-state index contributed by atoms with van der Waals surface area (Å²) in [7, 11) is -3.67. The maximum atomic E-state index is 13.4. The standard InChI is InChI=1S/C29H28N2O5S.2H2/c32-19-24-4-2-15-31(24)37(34,35)25-9-6-20(7-10-25)26-5-1-3-23(30-26)18-28(33)29(13-14-29)22-8-11-27-21(17-22)12-16-36-27;;/h1,3,5-12,16-17,24,32H,2,4,13-15,18-19H2;2*1H/t24-;;/m1../s1. The summed E-state index contributed by atoms with van der Waals surface area (Å²) in [5, 5.41) is 10.5. The molecule has 1 saturated heterocycles. The second-order valence-electron chi connectivity index (χ2n) is 9.99. The van der Waals surface area contributed by atoms with Crippen LogP contribution in [0.4, 0.5) is 0 Å². The molecular weight excluding hydrogens is 488 g/mol. The van der Waals surface area contributed by atoms with Crippen molar-refractivity contribution in [2.75, 3.05) is 13.2 Å². The number of pyridine rings is 1. The Balaban J connectivity index is 0.00000176. The molecule has 1 atom stereocenters. The van der Waals surface area contributed by atoms with Gasteiger partial charge in [0, 0.05) is 38.5 Å². The molecule has 0 radical (unpaired) electrons. The molecule has 2 aromatic heterocycles. The highest BCUT2D eigenvalue weighted by Gasteiger charge is 2.50. The van der Waals surface area contributed by atoms with Crippen LogP contribution in [0.3, 0.4) is 0 Å². The molecular formula is C29H32N2O5S. The second-order valence-corrected chi connectivity index (χ2v) is 11.9. The van der Waals surface area contributed by atoms with E-state index < -0.39 is 15.4 Å². The fourth-order valence-corrected chi connectivity index (χ4v) is 7.12. The van der Waals surface area contributed by atoms with Crippen molar-refractivity contribution < 1.29 is 25.6 Å². The SMILES string of the molecule is O=C(Cc1cccc(-c2ccc(S(=O)(=O)N3CCC[C@@H]3CO)cc2)n1)C1(c2ccc3occc3c2)CC1.[HH].[HH]. The number of aliphatic hydroxyl groups is 1. The summed E-state index contributed by atoms with van der Waals surface area (Å²) in [6.45, 7) is 0.246. The van der Waals surface area contributed by atoms with Gasteiger partial charge in [0.15, 0.2) is 0 Å². The zero-order chi connectivity index (χ0) is 25.6. The smallest absolute Gasteiger partial charge is 0.243 e. The van der Waals surface area contributed by atoms with Crippen LogP contribution in [0.25, 0.3) is 22.2 Å². The van der Waals surface area contributed by atoms with Crippen molar-refractivity contribution in [3.8, 4) is 11.3 Å². The van der Waals surface area contributed by atoms with Crippen LogP contribution < -0.4 is 0 Å². The number of hydrogen-bond donors (Lipinski definition) is 1. The second kappa shape index (κ2) is 9.20. The predicted octanol–water partition coefficient (Wildman–Crippen LogP) is 4.98. The van der Waals surface area contributed by atoms with Crippen molar-refractivity contribution in [2.45, 2.75) is 48.5 Å². The number of ketones is 1. The predicted molar refractivity (Wildman–Crippen MR) is 144 cm³/mol. The summed E-state index contributed by atoms with van der Waals surface area (Å²) >= 11 is 0. The quantitative estimate of drug-likeness (QED) is 0.352. The van der Waals surface area contributed by atoms with E-state index in [1.165, 1.54) is 4.31 Å². The number of Topliss-reactive ketones (excluding diaryl/α,β-unsaturated/α-hetero) is 1. The number of aromatic nitrogens is 1. The number of hydrogen-bond acceptors (Lipinski definition) is 6. The molecule has 6 rings (SSSR count). The third kappa shape index (κ3) is 4.29. The molecule has 4 aromatic rings. The Labute approximate surface area is 218 Å². The first kappa shape index (κ1) is 24.0. The topological polar surface area (TPSA) is 101 Å². The Morgan fingerprint density at radius 3 is 2.68 bits per heavy atom. The van der Waals surface area contributed by atoms with Gasteiger partial charge >= 0.3 is 0 Å². The van der Waals surface area contributed by atoms with Gasteiger partial charge in [0.25, 0.3) is 0 Å². The van der Waals surface area contributed by atoms with E-state index in [1.54, 1.807) is 30.5 Å². The lowest BCUT2D eigenvalue weighted by molar-refractivity contribution is -0.120. The van der Waals surface area contributed by atoms with Crippen LogP contribution in [0, 0.1) is 0 Å². The number of sulfonamides is 1. The van der Waals surface area contributed by atoms with Crippen molar-refractivity contribution in [3.05, 3.63) is 84.3 Å². The van der Waals surface area contributed by atoms with Gasteiger partial charge in [-0.15, -0.1) is 0 Å². The minimum Gasteiger partial charge on any atom is -0.464 e. The van der Waals surface area contributed by atoms with Crippen molar-refractivity contribution in [3.63, 3.8) is 0 Å². The molecule has 1 N–H and O–H groups in total.